The fraction of sp³-hybridized carbons (Fsp3) is 0.263. The van der Waals surface area contributed by atoms with E-state index < -0.39 is 0 Å². The summed E-state index contributed by atoms with van der Waals surface area (Å²) in [5, 5.41) is 3.00. The number of hydrogen-bond acceptors (Lipinski definition) is 3. The molecule has 0 bridgehead atoms. The quantitative estimate of drug-likeness (QED) is 0.943. The Morgan fingerprint density at radius 3 is 2.75 bits per heavy atom. The van der Waals surface area contributed by atoms with Crippen LogP contribution in [0.4, 0.5) is 11.4 Å². The second kappa shape index (κ2) is 6.35. The number of nitrogens with zero attached hydrogens (tertiary/aromatic N) is 1. The molecule has 0 fully saturated rings. The number of fused-ring (bicyclic) bond motifs is 1. The molecule has 2 aromatic carbocycles. The number of anilines is 2. The average Bonchev–Trinajstić information content (AvgIpc) is 2.59. The third-order valence-corrected chi connectivity index (χ3v) is 4.29. The van der Waals surface area contributed by atoms with Gasteiger partial charge in [0.1, 0.15) is 0 Å². The van der Waals surface area contributed by atoms with Gasteiger partial charge in [-0.15, -0.1) is 0 Å². The van der Waals surface area contributed by atoms with E-state index in [1.807, 2.05) is 25.1 Å². The van der Waals surface area contributed by atoms with Crippen LogP contribution in [0.2, 0.25) is 0 Å². The van der Waals surface area contributed by atoms with E-state index in [4.69, 9.17) is 4.74 Å². The minimum Gasteiger partial charge on any atom is -0.481 e. The Hall–Kier alpha value is -2.82. The van der Waals surface area contributed by atoms with E-state index in [2.05, 4.69) is 12.2 Å². The van der Waals surface area contributed by atoms with Crippen LogP contribution < -0.4 is 15.0 Å². The highest BCUT2D eigenvalue weighted by Crippen LogP contribution is 2.35. The van der Waals surface area contributed by atoms with Crippen molar-refractivity contribution in [3.63, 3.8) is 0 Å². The number of rotatable bonds is 3. The van der Waals surface area contributed by atoms with Gasteiger partial charge >= 0.3 is 0 Å². The summed E-state index contributed by atoms with van der Waals surface area (Å²) in [5.41, 5.74) is 3.97. The number of para-hydroxylation sites is 2. The van der Waals surface area contributed by atoms with Crippen LogP contribution in [-0.4, -0.2) is 25.5 Å². The van der Waals surface area contributed by atoms with E-state index in [0.717, 1.165) is 23.2 Å². The number of carbonyl (C=O) groups is 2. The summed E-state index contributed by atoms with van der Waals surface area (Å²) < 4.78 is 5.53. The Balaban J connectivity index is 1.97. The molecule has 5 heteroatoms. The molecular formula is C19H20N2O3. The first-order valence-corrected chi connectivity index (χ1v) is 7.95. The van der Waals surface area contributed by atoms with Crippen molar-refractivity contribution in [3.8, 4) is 5.75 Å². The Kier molecular flexibility index (Phi) is 4.25. The van der Waals surface area contributed by atoms with Gasteiger partial charge in [0.15, 0.2) is 12.4 Å². The van der Waals surface area contributed by atoms with Crippen LogP contribution >= 0.6 is 0 Å². The lowest BCUT2D eigenvalue weighted by Gasteiger charge is -2.27. The maximum atomic E-state index is 12.8. The molecule has 0 aromatic heterocycles. The van der Waals surface area contributed by atoms with Crippen LogP contribution in [0.5, 0.6) is 5.75 Å². The molecule has 0 saturated heterocycles. The molecule has 124 valence electrons. The highest BCUT2D eigenvalue weighted by Gasteiger charge is 2.27. The molecule has 1 N–H and O–H groups in total. The zero-order valence-corrected chi connectivity index (χ0v) is 14.1. The van der Waals surface area contributed by atoms with Crippen molar-refractivity contribution in [2.24, 2.45) is 0 Å². The van der Waals surface area contributed by atoms with Gasteiger partial charge in [-0.1, -0.05) is 31.2 Å². The molecule has 1 heterocycles. The number of aryl methyl sites for hydroxylation is 2. The standard InChI is InChI=1S/C19H20N2O3/c1-4-13-8-5-7-12(2)17(13)20-19(23)14-9-6-10-15-18(14)24-11-16(22)21(15)3/h5-10H,4,11H2,1-3H3,(H,20,23). The molecule has 2 aromatic rings. The van der Waals surface area contributed by atoms with Crippen LogP contribution in [0.3, 0.4) is 0 Å². The van der Waals surface area contributed by atoms with Crippen molar-refractivity contribution in [2.45, 2.75) is 20.3 Å². The first kappa shape index (κ1) is 16.1. The normalized spacial score (nSPS) is 13.3. The summed E-state index contributed by atoms with van der Waals surface area (Å²) in [7, 11) is 1.68. The van der Waals surface area contributed by atoms with Gasteiger partial charge in [0.25, 0.3) is 11.8 Å². The van der Waals surface area contributed by atoms with Crippen LogP contribution in [-0.2, 0) is 11.2 Å². The summed E-state index contributed by atoms with van der Waals surface area (Å²) in [4.78, 5) is 26.1. The number of carbonyl (C=O) groups excluding carboxylic acids is 2. The molecule has 0 saturated carbocycles. The van der Waals surface area contributed by atoms with Crippen LogP contribution in [0, 0.1) is 6.92 Å². The molecule has 5 nitrogen and oxygen atoms in total. The Morgan fingerprint density at radius 2 is 2.00 bits per heavy atom. The molecule has 1 aliphatic rings. The molecule has 24 heavy (non-hydrogen) atoms. The molecular weight excluding hydrogens is 304 g/mol. The molecule has 0 radical (unpaired) electrons. The van der Waals surface area contributed by atoms with E-state index >= 15 is 0 Å². The zero-order valence-electron chi connectivity index (χ0n) is 14.1. The number of ether oxygens (including phenoxy) is 1. The number of benzene rings is 2. The number of nitrogens with one attached hydrogen (secondary N) is 1. The minimum absolute atomic E-state index is 0.0572. The zero-order chi connectivity index (χ0) is 17.3. The third-order valence-electron chi connectivity index (χ3n) is 4.29. The fourth-order valence-corrected chi connectivity index (χ4v) is 2.87. The topological polar surface area (TPSA) is 58.6 Å². The Morgan fingerprint density at radius 1 is 1.25 bits per heavy atom. The second-order valence-electron chi connectivity index (χ2n) is 5.81. The van der Waals surface area contributed by atoms with Gasteiger partial charge in [-0.3, -0.25) is 9.59 Å². The fourth-order valence-electron chi connectivity index (χ4n) is 2.87. The molecule has 0 spiro atoms. The maximum absolute atomic E-state index is 12.8. The summed E-state index contributed by atoms with van der Waals surface area (Å²) in [6.45, 7) is 3.97. The lowest BCUT2D eigenvalue weighted by atomic mass is 10.0. The van der Waals surface area contributed by atoms with E-state index in [1.54, 1.807) is 25.2 Å². The van der Waals surface area contributed by atoms with Crippen LogP contribution in [0.25, 0.3) is 0 Å². The van der Waals surface area contributed by atoms with E-state index in [1.165, 1.54) is 4.90 Å². The molecule has 0 unspecified atom stereocenters. The van der Waals surface area contributed by atoms with Gasteiger partial charge in [0.2, 0.25) is 0 Å². The van der Waals surface area contributed by atoms with Crippen molar-refractivity contribution in [1.82, 2.24) is 0 Å². The summed E-state index contributed by atoms with van der Waals surface area (Å²) in [5.74, 6) is 0.0783. The lowest BCUT2D eigenvalue weighted by molar-refractivity contribution is -0.121. The number of likely N-dealkylation sites (N-methyl/N-ethyl adjacent to an activating group) is 1. The Labute approximate surface area is 141 Å². The maximum Gasteiger partial charge on any atom is 0.264 e. The van der Waals surface area contributed by atoms with Crippen molar-refractivity contribution < 1.29 is 14.3 Å². The van der Waals surface area contributed by atoms with Crippen LogP contribution in [0.1, 0.15) is 28.4 Å². The monoisotopic (exact) mass is 324 g/mol. The van der Waals surface area contributed by atoms with Crippen molar-refractivity contribution in [2.75, 3.05) is 23.9 Å². The lowest BCUT2D eigenvalue weighted by Crippen LogP contribution is -2.36. The van der Waals surface area contributed by atoms with Crippen molar-refractivity contribution >= 4 is 23.2 Å². The first-order chi connectivity index (χ1) is 11.5. The second-order valence-corrected chi connectivity index (χ2v) is 5.81. The SMILES string of the molecule is CCc1cccc(C)c1NC(=O)c1cccc2c1OCC(=O)N2C. The average molecular weight is 324 g/mol. The molecule has 3 rings (SSSR count). The molecule has 0 atom stereocenters. The molecule has 0 aliphatic carbocycles. The molecule has 2 amide bonds. The third kappa shape index (κ3) is 2.73. The van der Waals surface area contributed by atoms with Gasteiger partial charge in [-0.25, -0.2) is 0 Å². The smallest absolute Gasteiger partial charge is 0.264 e. The highest BCUT2D eigenvalue weighted by molar-refractivity contribution is 6.10. The van der Waals surface area contributed by atoms with E-state index in [0.29, 0.717) is 17.0 Å². The summed E-state index contributed by atoms with van der Waals surface area (Å²) in [6.07, 6.45) is 0.831. The summed E-state index contributed by atoms with van der Waals surface area (Å²) >= 11 is 0. The van der Waals surface area contributed by atoms with Gasteiger partial charge in [-0.2, -0.15) is 0 Å². The van der Waals surface area contributed by atoms with Crippen molar-refractivity contribution in [1.29, 1.82) is 0 Å². The largest absolute Gasteiger partial charge is 0.481 e. The van der Waals surface area contributed by atoms with Gasteiger partial charge in [0, 0.05) is 12.7 Å². The minimum atomic E-state index is -0.237. The van der Waals surface area contributed by atoms with Gasteiger partial charge < -0.3 is 15.0 Å². The predicted octanol–water partition coefficient (Wildman–Crippen LogP) is 3.16. The Bertz CT molecular complexity index is 814. The first-order valence-electron chi connectivity index (χ1n) is 7.95. The van der Waals surface area contributed by atoms with Crippen LogP contribution in [0.15, 0.2) is 36.4 Å². The van der Waals surface area contributed by atoms with E-state index in [-0.39, 0.29) is 18.4 Å². The van der Waals surface area contributed by atoms with Gasteiger partial charge in [-0.05, 0) is 36.6 Å². The number of amides is 2. The predicted molar refractivity (Wildman–Crippen MR) is 93.9 cm³/mol. The highest BCUT2D eigenvalue weighted by atomic mass is 16.5. The summed E-state index contributed by atoms with van der Waals surface area (Å²) in [6, 6.07) is 11.2. The van der Waals surface area contributed by atoms with Crippen molar-refractivity contribution in [3.05, 3.63) is 53.1 Å². The van der Waals surface area contributed by atoms with Gasteiger partial charge in [0.05, 0.1) is 11.3 Å². The number of hydrogen-bond donors (Lipinski definition) is 1. The van der Waals surface area contributed by atoms with E-state index in [9.17, 15) is 9.59 Å². The molecule has 1 aliphatic heterocycles.